The minimum Gasteiger partial charge on any atom is -0.380 e. The molecule has 2 aromatic rings. The van der Waals surface area contributed by atoms with Crippen LogP contribution >= 0.6 is 15.9 Å². The quantitative estimate of drug-likeness (QED) is 0.395. The lowest BCUT2D eigenvalue weighted by Gasteiger charge is -2.00. The highest BCUT2D eigenvalue weighted by Crippen LogP contribution is 2.16. The van der Waals surface area contributed by atoms with E-state index >= 15 is 0 Å². The first kappa shape index (κ1) is 15.2. The van der Waals surface area contributed by atoms with Crippen LogP contribution in [-0.4, -0.2) is 21.6 Å². The van der Waals surface area contributed by atoms with E-state index < -0.39 is 11.8 Å². The number of benzene rings is 1. The average Bonchev–Trinajstić information content (AvgIpc) is 2.86. The number of amidine groups is 1. The van der Waals surface area contributed by atoms with Gasteiger partial charge in [-0.25, -0.2) is 9.18 Å². The summed E-state index contributed by atoms with van der Waals surface area (Å²) < 4.78 is 14.9. The number of halogens is 2. The summed E-state index contributed by atoms with van der Waals surface area (Å²) in [6.45, 7) is 2.51. The first-order valence-electron chi connectivity index (χ1n) is 6.05. The molecule has 6 nitrogen and oxygen atoms in total. The highest BCUT2D eigenvalue weighted by Gasteiger charge is 2.17. The van der Waals surface area contributed by atoms with Gasteiger partial charge in [0.25, 0.3) is 0 Å². The lowest BCUT2D eigenvalue weighted by Crippen LogP contribution is -2.15. The molecule has 0 atom stereocenters. The Balaban J connectivity index is 2.10. The molecule has 1 aromatic carbocycles. The van der Waals surface area contributed by atoms with E-state index in [1.165, 1.54) is 24.3 Å². The molecule has 2 rings (SSSR count). The van der Waals surface area contributed by atoms with Crippen LogP contribution in [0.15, 0.2) is 40.1 Å². The summed E-state index contributed by atoms with van der Waals surface area (Å²) in [5.74, 6) is -1.16. The molecule has 1 aromatic heterocycles. The van der Waals surface area contributed by atoms with Gasteiger partial charge in [-0.05, 0) is 47.1 Å². The van der Waals surface area contributed by atoms with E-state index in [0.717, 1.165) is 0 Å². The Hall–Kier alpha value is -2.22. The number of rotatable bonds is 4. The summed E-state index contributed by atoms with van der Waals surface area (Å²) in [5.41, 5.74) is 6.20. The largest absolute Gasteiger partial charge is 0.387 e. The van der Waals surface area contributed by atoms with Gasteiger partial charge in [0.15, 0.2) is 11.5 Å². The SMILES string of the molecule is CCn1cc(Br)c(C(=O)O/N=C(\N)c2ccc(F)cc2)n1. The van der Waals surface area contributed by atoms with Crippen molar-refractivity contribution in [1.82, 2.24) is 9.78 Å². The standard InChI is InChI=1S/C13H12BrFN4O2/c1-2-19-7-10(14)11(17-19)13(20)21-18-12(16)8-3-5-9(15)6-4-8/h3-7H,2H2,1H3,(H2,16,18). The molecule has 0 spiro atoms. The van der Waals surface area contributed by atoms with Crippen molar-refractivity contribution in [3.05, 3.63) is 52.0 Å². The second-order valence-electron chi connectivity index (χ2n) is 4.04. The molecule has 0 aliphatic carbocycles. The Morgan fingerprint density at radius 3 is 2.71 bits per heavy atom. The Morgan fingerprint density at radius 1 is 1.48 bits per heavy atom. The Bertz CT molecular complexity index is 682. The zero-order valence-electron chi connectivity index (χ0n) is 11.1. The zero-order valence-corrected chi connectivity index (χ0v) is 12.7. The lowest BCUT2D eigenvalue weighted by molar-refractivity contribution is 0.0507. The van der Waals surface area contributed by atoms with Crippen LogP contribution < -0.4 is 5.73 Å². The fraction of sp³-hybridized carbons (Fsp3) is 0.154. The van der Waals surface area contributed by atoms with Gasteiger partial charge in [0.2, 0.25) is 0 Å². The van der Waals surface area contributed by atoms with Crippen molar-refractivity contribution in [2.75, 3.05) is 0 Å². The zero-order chi connectivity index (χ0) is 15.4. The second-order valence-corrected chi connectivity index (χ2v) is 4.90. The maximum atomic E-state index is 12.8. The number of hydrogen-bond acceptors (Lipinski definition) is 4. The molecule has 0 unspecified atom stereocenters. The van der Waals surface area contributed by atoms with E-state index in [4.69, 9.17) is 10.6 Å². The molecular formula is C13H12BrFN4O2. The van der Waals surface area contributed by atoms with E-state index in [0.29, 0.717) is 16.6 Å². The minimum absolute atomic E-state index is 0.0330. The maximum absolute atomic E-state index is 12.8. The third-order valence-electron chi connectivity index (χ3n) is 2.60. The second kappa shape index (κ2) is 6.49. The number of carbonyl (C=O) groups is 1. The van der Waals surface area contributed by atoms with Crippen molar-refractivity contribution in [3.8, 4) is 0 Å². The molecule has 0 bridgehead atoms. The van der Waals surface area contributed by atoms with E-state index in [1.807, 2.05) is 6.92 Å². The van der Waals surface area contributed by atoms with E-state index in [9.17, 15) is 9.18 Å². The van der Waals surface area contributed by atoms with Gasteiger partial charge in [0, 0.05) is 18.3 Å². The third kappa shape index (κ3) is 3.66. The molecule has 0 fully saturated rings. The monoisotopic (exact) mass is 354 g/mol. The summed E-state index contributed by atoms with van der Waals surface area (Å²) in [6.07, 6.45) is 1.66. The van der Waals surface area contributed by atoms with Gasteiger partial charge in [0.05, 0.1) is 4.47 Å². The molecule has 8 heteroatoms. The van der Waals surface area contributed by atoms with Crippen molar-refractivity contribution in [2.24, 2.45) is 10.9 Å². The fourth-order valence-corrected chi connectivity index (χ4v) is 1.98. The van der Waals surface area contributed by atoms with Gasteiger partial charge in [-0.15, -0.1) is 0 Å². The summed E-state index contributed by atoms with van der Waals surface area (Å²) in [6, 6.07) is 5.34. The summed E-state index contributed by atoms with van der Waals surface area (Å²) in [5, 5.41) is 7.55. The molecule has 1 heterocycles. The van der Waals surface area contributed by atoms with E-state index in [-0.39, 0.29) is 11.5 Å². The molecule has 110 valence electrons. The van der Waals surface area contributed by atoms with Gasteiger partial charge >= 0.3 is 5.97 Å². The van der Waals surface area contributed by atoms with Gasteiger partial charge in [-0.1, -0.05) is 5.16 Å². The molecule has 21 heavy (non-hydrogen) atoms. The Kier molecular flexibility index (Phi) is 4.69. The van der Waals surface area contributed by atoms with Crippen molar-refractivity contribution < 1.29 is 14.0 Å². The average molecular weight is 355 g/mol. The summed E-state index contributed by atoms with van der Waals surface area (Å²) in [4.78, 5) is 16.6. The molecule has 0 radical (unpaired) electrons. The summed E-state index contributed by atoms with van der Waals surface area (Å²) >= 11 is 3.21. The highest BCUT2D eigenvalue weighted by atomic mass is 79.9. The molecular weight excluding hydrogens is 343 g/mol. The van der Waals surface area contributed by atoms with Gasteiger partial charge in [-0.2, -0.15) is 5.10 Å². The number of aryl methyl sites for hydroxylation is 1. The number of aromatic nitrogens is 2. The highest BCUT2D eigenvalue weighted by molar-refractivity contribution is 9.10. The predicted molar refractivity (Wildman–Crippen MR) is 78.1 cm³/mol. The van der Waals surface area contributed by atoms with Crippen LogP contribution in [0, 0.1) is 5.82 Å². The van der Waals surface area contributed by atoms with E-state index in [1.54, 1.807) is 10.9 Å². The van der Waals surface area contributed by atoms with Crippen LogP contribution in [0.4, 0.5) is 4.39 Å². The number of hydrogen-bond donors (Lipinski definition) is 1. The molecule has 0 saturated carbocycles. The molecule has 0 amide bonds. The number of nitrogens with two attached hydrogens (primary N) is 1. The summed E-state index contributed by atoms with van der Waals surface area (Å²) in [7, 11) is 0. The normalized spacial score (nSPS) is 11.5. The van der Waals surface area contributed by atoms with Crippen LogP contribution in [0.3, 0.4) is 0 Å². The topological polar surface area (TPSA) is 82.5 Å². The van der Waals surface area contributed by atoms with Crippen LogP contribution in [-0.2, 0) is 11.4 Å². The lowest BCUT2D eigenvalue weighted by atomic mass is 10.2. The van der Waals surface area contributed by atoms with Crippen LogP contribution in [0.5, 0.6) is 0 Å². The fourth-order valence-electron chi connectivity index (χ4n) is 1.50. The molecule has 2 N–H and O–H groups in total. The van der Waals surface area contributed by atoms with Crippen molar-refractivity contribution in [2.45, 2.75) is 13.5 Å². The van der Waals surface area contributed by atoms with Crippen LogP contribution in [0.1, 0.15) is 23.0 Å². The first-order valence-corrected chi connectivity index (χ1v) is 6.84. The van der Waals surface area contributed by atoms with E-state index in [2.05, 4.69) is 26.2 Å². The Labute approximate surface area is 128 Å². The van der Waals surface area contributed by atoms with Crippen molar-refractivity contribution in [3.63, 3.8) is 0 Å². The van der Waals surface area contributed by atoms with Crippen LogP contribution in [0.2, 0.25) is 0 Å². The van der Waals surface area contributed by atoms with Gasteiger partial charge < -0.3 is 10.6 Å². The number of oxime groups is 1. The van der Waals surface area contributed by atoms with Crippen LogP contribution in [0.25, 0.3) is 0 Å². The number of nitrogens with zero attached hydrogens (tertiary/aromatic N) is 3. The molecule has 0 aliphatic rings. The van der Waals surface area contributed by atoms with Crippen molar-refractivity contribution in [1.29, 1.82) is 0 Å². The smallest absolute Gasteiger partial charge is 0.380 e. The Morgan fingerprint density at radius 2 is 2.14 bits per heavy atom. The molecule has 0 saturated heterocycles. The predicted octanol–water partition coefficient (Wildman–Crippen LogP) is 2.28. The maximum Gasteiger partial charge on any atom is 0.387 e. The number of carbonyl (C=O) groups excluding carboxylic acids is 1. The first-order chi connectivity index (χ1) is 10.0. The van der Waals surface area contributed by atoms with Crippen molar-refractivity contribution >= 4 is 27.7 Å². The minimum atomic E-state index is -0.737. The van der Waals surface area contributed by atoms with Gasteiger partial charge in [0.1, 0.15) is 5.82 Å². The molecule has 0 aliphatic heterocycles. The van der Waals surface area contributed by atoms with Gasteiger partial charge in [-0.3, -0.25) is 4.68 Å². The third-order valence-corrected chi connectivity index (χ3v) is 3.18.